The van der Waals surface area contributed by atoms with Gasteiger partial charge in [0, 0.05) is 6.42 Å². The molecule has 0 radical (unpaired) electrons. The fourth-order valence-electron chi connectivity index (χ4n) is 1.59. The first kappa shape index (κ1) is 14.3. The van der Waals surface area contributed by atoms with E-state index in [4.69, 9.17) is 14.7 Å². The Hall–Kier alpha value is -1.73. The van der Waals surface area contributed by atoms with E-state index in [-0.39, 0.29) is 6.04 Å². The molecule has 4 heteroatoms. The minimum Gasteiger partial charge on any atom is -0.490 e. The van der Waals surface area contributed by atoms with Crippen molar-refractivity contribution in [1.82, 2.24) is 5.32 Å². The summed E-state index contributed by atoms with van der Waals surface area (Å²) in [6.45, 7) is 5.81. The lowest BCUT2D eigenvalue weighted by atomic mass is 10.2. The summed E-state index contributed by atoms with van der Waals surface area (Å²) in [5.41, 5.74) is 0. The number of hydrogen-bond acceptors (Lipinski definition) is 4. The van der Waals surface area contributed by atoms with Gasteiger partial charge in [0.1, 0.15) is 0 Å². The highest BCUT2D eigenvalue weighted by atomic mass is 16.5. The number of rotatable bonds is 8. The van der Waals surface area contributed by atoms with Crippen LogP contribution in [0.3, 0.4) is 0 Å². The minimum atomic E-state index is -0.158. The molecule has 0 saturated carbocycles. The van der Waals surface area contributed by atoms with Crippen LogP contribution in [0.25, 0.3) is 0 Å². The van der Waals surface area contributed by atoms with Crippen LogP contribution >= 0.6 is 0 Å². The highest BCUT2D eigenvalue weighted by Gasteiger charge is 2.07. The van der Waals surface area contributed by atoms with E-state index in [1.165, 1.54) is 0 Å². The molecule has 0 aromatic heterocycles. The van der Waals surface area contributed by atoms with Gasteiger partial charge in [-0.25, -0.2) is 0 Å². The number of para-hydroxylation sites is 2. The number of nitriles is 1. The van der Waals surface area contributed by atoms with Crippen molar-refractivity contribution in [2.45, 2.75) is 26.3 Å². The van der Waals surface area contributed by atoms with E-state index in [9.17, 15) is 0 Å². The van der Waals surface area contributed by atoms with Gasteiger partial charge in [-0.05, 0) is 25.6 Å². The lowest BCUT2D eigenvalue weighted by Gasteiger charge is -2.13. The second-order valence-electron chi connectivity index (χ2n) is 3.76. The number of benzene rings is 1. The molecule has 1 atom stereocenters. The van der Waals surface area contributed by atoms with E-state index in [0.717, 1.165) is 18.0 Å². The van der Waals surface area contributed by atoms with Gasteiger partial charge in [0.25, 0.3) is 0 Å². The molecule has 1 rings (SSSR count). The van der Waals surface area contributed by atoms with Crippen LogP contribution in [0.4, 0.5) is 0 Å². The molecule has 0 fully saturated rings. The number of nitrogens with zero attached hydrogens (tertiary/aromatic N) is 1. The molecule has 0 aliphatic heterocycles. The summed E-state index contributed by atoms with van der Waals surface area (Å²) in [5.74, 6) is 1.48. The Morgan fingerprint density at radius 1 is 1.22 bits per heavy atom. The summed E-state index contributed by atoms with van der Waals surface area (Å²) < 4.78 is 11.1. The molecule has 0 heterocycles. The molecule has 1 aromatic rings. The van der Waals surface area contributed by atoms with Crippen LogP contribution in [-0.4, -0.2) is 25.8 Å². The quantitative estimate of drug-likeness (QED) is 0.767. The van der Waals surface area contributed by atoms with Crippen LogP contribution in [0.5, 0.6) is 11.5 Å². The van der Waals surface area contributed by atoms with E-state index in [1.54, 1.807) is 0 Å². The van der Waals surface area contributed by atoms with E-state index in [0.29, 0.717) is 19.6 Å². The SMILES string of the molecule is CCNC(C#N)CCOc1ccccc1OCC. The first-order valence-electron chi connectivity index (χ1n) is 6.29. The first-order chi connectivity index (χ1) is 8.81. The molecule has 0 amide bonds. The molecule has 0 spiro atoms. The Labute approximate surface area is 109 Å². The third-order valence-electron chi connectivity index (χ3n) is 2.42. The lowest BCUT2D eigenvalue weighted by molar-refractivity contribution is 0.267. The van der Waals surface area contributed by atoms with Gasteiger partial charge in [0.15, 0.2) is 11.5 Å². The van der Waals surface area contributed by atoms with Gasteiger partial charge in [-0.1, -0.05) is 19.1 Å². The maximum absolute atomic E-state index is 8.90. The largest absolute Gasteiger partial charge is 0.490 e. The molecular formula is C14H20N2O2. The standard InChI is InChI=1S/C14H20N2O2/c1-3-16-12(11-15)9-10-18-14-8-6-5-7-13(14)17-4-2/h5-8,12,16H,3-4,9-10H2,1-2H3. The van der Waals surface area contributed by atoms with Crippen LogP contribution < -0.4 is 14.8 Å². The molecule has 4 nitrogen and oxygen atoms in total. The Morgan fingerprint density at radius 3 is 2.44 bits per heavy atom. The molecule has 18 heavy (non-hydrogen) atoms. The summed E-state index contributed by atoms with van der Waals surface area (Å²) in [5, 5.41) is 12.0. The van der Waals surface area contributed by atoms with Crippen molar-refractivity contribution in [2.24, 2.45) is 0 Å². The topological polar surface area (TPSA) is 54.3 Å². The van der Waals surface area contributed by atoms with Gasteiger partial charge >= 0.3 is 0 Å². The molecule has 0 aliphatic rings. The second kappa shape index (κ2) is 8.37. The molecular weight excluding hydrogens is 228 g/mol. The van der Waals surface area contributed by atoms with E-state index in [2.05, 4.69) is 11.4 Å². The predicted octanol–water partition coefficient (Wildman–Crippen LogP) is 2.36. The Bertz CT molecular complexity index is 388. The number of nitrogens with one attached hydrogen (secondary N) is 1. The lowest BCUT2D eigenvalue weighted by Crippen LogP contribution is -2.28. The number of hydrogen-bond donors (Lipinski definition) is 1. The zero-order valence-corrected chi connectivity index (χ0v) is 11.0. The Morgan fingerprint density at radius 2 is 1.89 bits per heavy atom. The maximum Gasteiger partial charge on any atom is 0.161 e. The Kier molecular flexibility index (Phi) is 6.67. The predicted molar refractivity (Wildman–Crippen MR) is 70.8 cm³/mol. The van der Waals surface area contributed by atoms with Crippen molar-refractivity contribution in [1.29, 1.82) is 5.26 Å². The monoisotopic (exact) mass is 248 g/mol. The van der Waals surface area contributed by atoms with Gasteiger partial charge in [-0.15, -0.1) is 0 Å². The molecule has 1 unspecified atom stereocenters. The third-order valence-corrected chi connectivity index (χ3v) is 2.42. The zero-order valence-electron chi connectivity index (χ0n) is 11.0. The third kappa shape index (κ3) is 4.64. The van der Waals surface area contributed by atoms with Gasteiger partial charge in [0.2, 0.25) is 0 Å². The normalized spacial score (nSPS) is 11.6. The van der Waals surface area contributed by atoms with Crippen molar-refractivity contribution in [3.05, 3.63) is 24.3 Å². The number of ether oxygens (including phenoxy) is 2. The van der Waals surface area contributed by atoms with Gasteiger partial charge in [0.05, 0.1) is 25.3 Å². The van der Waals surface area contributed by atoms with Crippen LogP contribution in [0.15, 0.2) is 24.3 Å². The van der Waals surface area contributed by atoms with Crippen molar-refractivity contribution in [3.63, 3.8) is 0 Å². The van der Waals surface area contributed by atoms with Crippen molar-refractivity contribution < 1.29 is 9.47 Å². The fourth-order valence-corrected chi connectivity index (χ4v) is 1.59. The van der Waals surface area contributed by atoms with Crippen molar-refractivity contribution >= 4 is 0 Å². The van der Waals surface area contributed by atoms with Crippen LogP contribution in [0.2, 0.25) is 0 Å². The average Bonchev–Trinajstić information content (AvgIpc) is 2.40. The van der Waals surface area contributed by atoms with Crippen LogP contribution in [0, 0.1) is 11.3 Å². The summed E-state index contributed by atoms with van der Waals surface area (Å²) in [7, 11) is 0. The average molecular weight is 248 g/mol. The molecule has 0 aliphatic carbocycles. The minimum absolute atomic E-state index is 0.158. The summed E-state index contributed by atoms with van der Waals surface area (Å²) >= 11 is 0. The van der Waals surface area contributed by atoms with E-state index < -0.39 is 0 Å². The summed E-state index contributed by atoms with van der Waals surface area (Å²) in [6, 6.07) is 9.62. The smallest absolute Gasteiger partial charge is 0.161 e. The van der Waals surface area contributed by atoms with Crippen LogP contribution in [0.1, 0.15) is 20.3 Å². The van der Waals surface area contributed by atoms with E-state index in [1.807, 2.05) is 38.1 Å². The van der Waals surface area contributed by atoms with Crippen molar-refractivity contribution in [2.75, 3.05) is 19.8 Å². The fraction of sp³-hybridized carbons (Fsp3) is 0.500. The molecule has 1 N–H and O–H groups in total. The molecule has 98 valence electrons. The highest BCUT2D eigenvalue weighted by molar-refractivity contribution is 5.39. The zero-order chi connectivity index (χ0) is 13.2. The highest BCUT2D eigenvalue weighted by Crippen LogP contribution is 2.26. The van der Waals surface area contributed by atoms with Crippen molar-refractivity contribution in [3.8, 4) is 17.6 Å². The van der Waals surface area contributed by atoms with Crippen LogP contribution in [-0.2, 0) is 0 Å². The Balaban J connectivity index is 2.45. The molecule has 0 bridgehead atoms. The first-order valence-corrected chi connectivity index (χ1v) is 6.29. The second-order valence-corrected chi connectivity index (χ2v) is 3.76. The van der Waals surface area contributed by atoms with Gasteiger partial charge in [-0.3, -0.25) is 0 Å². The maximum atomic E-state index is 8.90. The molecule has 1 aromatic carbocycles. The van der Waals surface area contributed by atoms with Gasteiger partial charge in [-0.2, -0.15) is 5.26 Å². The summed E-state index contributed by atoms with van der Waals surface area (Å²) in [4.78, 5) is 0. The van der Waals surface area contributed by atoms with Gasteiger partial charge < -0.3 is 14.8 Å². The molecule has 0 saturated heterocycles. The summed E-state index contributed by atoms with van der Waals surface area (Å²) in [6.07, 6.45) is 0.658. The van der Waals surface area contributed by atoms with E-state index >= 15 is 0 Å².